The minimum absolute atomic E-state index is 0.354. The van der Waals surface area contributed by atoms with Crippen LogP contribution in [0.2, 0.25) is 0 Å². The molecular weight excluding hydrogens is 176 g/mol. The SMILES string of the molecule is COCc1cccc2c1CCC(=O)C2. The Hall–Kier alpha value is -1.15. The summed E-state index contributed by atoms with van der Waals surface area (Å²) in [6.45, 7) is 0.650. The quantitative estimate of drug-likeness (QED) is 0.711. The van der Waals surface area contributed by atoms with E-state index >= 15 is 0 Å². The first-order valence-electron chi connectivity index (χ1n) is 4.91. The molecule has 0 unspecified atom stereocenters. The molecule has 2 rings (SSSR count). The van der Waals surface area contributed by atoms with Crippen molar-refractivity contribution in [1.29, 1.82) is 0 Å². The summed E-state index contributed by atoms with van der Waals surface area (Å²) in [5.74, 6) is 0.354. The van der Waals surface area contributed by atoms with E-state index in [9.17, 15) is 4.79 Å². The number of methoxy groups -OCH3 is 1. The predicted octanol–water partition coefficient (Wildman–Crippen LogP) is 1.89. The van der Waals surface area contributed by atoms with Crippen molar-refractivity contribution in [3.05, 3.63) is 34.9 Å². The molecule has 0 atom stereocenters. The van der Waals surface area contributed by atoms with Gasteiger partial charge in [-0.2, -0.15) is 0 Å². The number of benzene rings is 1. The zero-order valence-electron chi connectivity index (χ0n) is 8.38. The number of fused-ring (bicyclic) bond motifs is 1. The van der Waals surface area contributed by atoms with Gasteiger partial charge >= 0.3 is 0 Å². The van der Waals surface area contributed by atoms with Gasteiger partial charge in [0.1, 0.15) is 5.78 Å². The van der Waals surface area contributed by atoms with Crippen LogP contribution in [0.3, 0.4) is 0 Å². The van der Waals surface area contributed by atoms with Crippen molar-refractivity contribution in [1.82, 2.24) is 0 Å². The predicted molar refractivity (Wildman–Crippen MR) is 54.2 cm³/mol. The molecule has 0 amide bonds. The van der Waals surface area contributed by atoms with Gasteiger partial charge in [-0.05, 0) is 23.1 Å². The molecular formula is C12H14O2. The Kier molecular flexibility index (Phi) is 2.64. The minimum Gasteiger partial charge on any atom is -0.380 e. The standard InChI is InChI=1S/C12H14O2/c1-14-8-10-4-2-3-9-7-11(13)5-6-12(9)10/h2-4H,5-8H2,1H3. The van der Waals surface area contributed by atoms with E-state index in [2.05, 4.69) is 6.07 Å². The molecule has 1 aliphatic carbocycles. The van der Waals surface area contributed by atoms with Crippen LogP contribution >= 0.6 is 0 Å². The van der Waals surface area contributed by atoms with Crippen molar-refractivity contribution < 1.29 is 9.53 Å². The third-order valence-corrected chi connectivity index (χ3v) is 2.71. The van der Waals surface area contributed by atoms with Gasteiger partial charge in [0, 0.05) is 20.0 Å². The first-order chi connectivity index (χ1) is 6.81. The maximum atomic E-state index is 11.3. The van der Waals surface area contributed by atoms with Crippen molar-refractivity contribution in [2.45, 2.75) is 25.9 Å². The lowest BCUT2D eigenvalue weighted by Gasteiger charge is -2.18. The molecule has 0 saturated carbocycles. The zero-order chi connectivity index (χ0) is 9.97. The molecule has 0 spiro atoms. The third-order valence-electron chi connectivity index (χ3n) is 2.71. The van der Waals surface area contributed by atoms with Gasteiger partial charge in [-0.3, -0.25) is 4.79 Å². The molecule has 0 bridgehead atoms. The topological polar surface area (TPSA) is 26.3 Å². The highest BCUT2D eigenvalue weighted by molar-refractivity contribution is 5.83. The Bertz CT molecular complexity index is 355. The molecule has 0 N–H and O–H groups in total. The van der Waals surface area contributed by atoms with Crippen LogP contribution < -0.4 is 0 Å². The van der Waals surface area contributed by atoms with Crippen molar-refractivity contribution in [3.63, 3.8) is 0 Å². The Morgan fingerprint density at radius 2 is 2.21 bits per heavy atom. The van der Waals surface area contributed by atoms with E-state index in [1.54, 1.807) is 7.11 Å². The molecule has 14 heavy (non-hydrogen) atoms. The van der Waals surface area contributed by atoms with Crippen molar-refractivity contribution >= 4 is 5.78 Å². The summed E-state index contributed by atoms with van der Waals surface area (Å²) in [5, 5.41) is 0. The Morgan fingerprint density at radius 3 is 3.00 bits per heavy atom. The second kappa shape index (κ2) is 3.93. The highest BCUT2D eigenvalue weighted by atomic mass is 16.5. The van der Waals surface area contributed by atoms with E-state index in [4.69, 9.17) is 4.74 Å². The van der Waals surface area contributed by atoms with Gasteiger partial charge in [-0.25, -0.2) is 0 Å². The molecule has 0 aromatic heterocycles. The Labute approximate surface area is 83.9 Å². The lowest BCUT2D eigenvalue weighted by Crippen LogP contribution is -2.15. The average Bonchev–Trinajstić information content (AvgIpc) is 2.18. The van der Waals surface area contributed by atoms with E-state index in [-0.39, 0.29) is 0 Å². The van der Waals surface area contributed by atoms with E-state index in [1.807, 2.05) is 12.1 Å². The number of hydrogen-bond donors (Lipinski definition) is 0. The Balaban J connectivity index is 2.36. The van der Waals surface area contributed by atoms with Gasteiger partial charge in [0.15, 0.2) is 0 Å². The summed E-state index contributed by atoms with van der Waals surface area (Å²) in [4.78, 5) is 11.3. The molecule has 0 fully saturated rings. The number of ketones is 1. The first-order valence-corrected chi connectivity index (χ1v) is 4.91. The van der Waals surface area contributed by atoms with Gasteiger partial charge in [0.25, 0.3) is 0 Å². The maximum absolute atomic E-state index is 11.3. The van der Waals surface area contributed by atoms with Crippen LogP contribution in [0.4, 0.5) is 0 Å². The van der Waals surface area contributed by atoms with Crippen LogP contribution in [0.25, 0.3) is 0 Å². The number of carbonyl (C=O) groups is 1. The smallest absolute Gasteiger partial charge is 0.137 e. The summed E-state index contributed by atoms with van der Waals surface area (Å²) in [5.41, 5.74) is 3.75. The Morgan fingerprint density at radius 1 is 1.36 bits per heavy atom. The zero-order valence-corrected chi connectivity index (χ0v) is 8.38. The molecule has 74 valence electrons. The molecule has 2 heteroatoms. The van der Waals surface area contributed by atoms with Crippen molar-refractivity contribution in [2.24, 2.45) is 0 Å². The van der Waals surface area contributed by atoms with Crippen molar-refractivity contribution in [3.8, 4) is 0 Å². The first kappa shape index (κ1) is 9.41. The van der Waals surface area contributed by atoms with E-state index < -0.39 is 0 Å². The largest absolute Gasteiger partial charge is 0.380 e. The van der Waals surface area contributed by atoms with Crippen LogP contribution in [0.5, 0.6) is 0 Å². The van der Waals surface area contributed by atoms with Gasteiger partial charge in [-0.1, -0.05) is 18.2 Å². The number of rotatable bonds is 2. The highest BCUT2D eigenvalue weighted by Crippen LogP contribution is 2.23. The molecule has 0 aliphatic heterocycles. The van der Waals surface area contributed by atoms with Crippen LogP contribution in [0.1, 0.15) is 23.1 Å². The average molecular weight is 190 g/mol. The van der Waals surface area contributed by atoms with Gasteiger partial charge in [-0.15, -0.1) is 0 Å². The minimum atomic E-state index is 0.354. The number of Topliss-reactive ketones (excluding diaryl/α,β-unsaturated/α-hetero) is 1. The number of hydrogen-bond acceptors (Lipinski definition) is 2. The van der Waals surface area contributed by atoms with Crippen LogP contribution in [0.15, 0.2) is 18.2 Å². The second-order valence-corrected chi connectivity index (χ2v) is 3.70. The second-order valence-electron chi connectivity index (χ2n) is 3.70. The maximum Gasteiger partial charge on any atom is 0.137 e. The van der Waals surface area contributed by atoms with Gasteiger partial charge in [0.2, 0.25) is 0 Å². The van der Waals surface area contributed by atoms with Crippen LogP contribution in [-0.4, -0.2) is 12.9 Å². The van der Waals surface area contributed by atoms with E-state index in [0.29, 0.717) is 25.2 Å². The number of carbonyl (C=O) groups excluding carboxylic acids is 1. The molecule has 1 aromatic carbocycles. The van der Waals surface area contributed by atoms with Crippen LogP contribution in [0, 0.1) is 0 Å². The molecule has 1 aromatic rings. The summed E-state index contributed by atoms with van der Waals surface area (Å²) in [7, 11) is 1.70. The fourth-order valence-corrected chi connectivity index (χ4v) is 2.03. The monoisotopic (exact) mass is 190 g/mol. The molecule has 0 radical (unpaired) electrons. The molecule has 0 heterocycles. The summed E-state index contributed by atoms with van der Waals surface area (Å²) in [6, 6.07) is 6.13. The highest BCUT2D eigenvalue weighted by Gasteiger charge is 2.17. The summed E-state index contributed by atoms with van der Waals surface area (Å²) >= 11 is 0. The lowest BCUT2D eigenvalue weighted by molar-refractivity contribution is -0.118. The fraction of sp³-hybridized carbons (Fsp3) is 0.417. The fourth-order valence-electron chi connectivity index (χ4n) is 2.03. The third kappa shape index (κ3) is 1.70. The van der Waals surface area contributed by atoms with E-state index in [1.165, 1.54) is 16.7 Å². The lowest BCUT2D eigenvalue weighted by atomic mass is 9.88. The summed E-state index contributed by atoms with van der Waals surface area (Å²) in [6.07, 6.45) is 2.17. The molecule has 2 nitrogen and oxygen atoms in total. The van der Waals surface area contributed by atoms with Gasteiger partial charge < -0.3 is 4.74 Å². The van der Waals surface area contributed by atoms with Gasteiger partial charge in [0.05, 0.1) is 6.61 Å². The molecule has 0 saturated heterocycles. The summed E-state index contributed by atoms with van der Waals surface area (Å²) < 4.78 is 5.14. The van der Waals surface area contributed by atoms with E-state index in [0.717, 1.165) is 6.42 Å². The van der Waals surface area contributed by atoms with Crippen molar-refractivity contribution in [2.75, 3.05) is 7.11 Å². The van der Waals surface area contributed by atoms with Crippen LogP contribution in [-0.2, 0) is 29.0 Å². The number of ether oxygens (including phenoxy) is 1. The molecule has 1 aliphatic rings. The normalized spacial score (nSPS) is 15.4.